The maximum Gasteiger partial charge on any atom is 0.422 e. The fraction of sp³-hybridized carbons (Fsp3) is 0.0909. The summed E-state index contributed by atoms with van der Waals surface area (Å²) in [6.07, 6.45) is -5.02. The van der Waals surface area contributed by atoms with E-state index in [9.17, 15) is 22.8 Å². The van der Waals surface area contributed by atoms with Gasteiger partial charge in [-0.25, -0.2) is 4.79 Å². The van der Waals surface area contributed by atoms with Gasteiger partial charge in [0.15, 0.2) is 0 Å². The smallest absolute Gasteiger partial charge is 0.422 e. The molecule has 0 bridgehead atoms. The first-order chi connectivity index (χ1) is 8.32. The van der Waals surface area contributed by atoms with Crippen LogP contribution < -0.4 is 5.43 Å². The third-order valence-corrected chi connectivity index (χ3v) is 2.41. The number of nitrogens with one attached hydrogen (secondary N) is 1. The molecule has 7 heteroatoms. The second-order valence-corrected chi connectivity index (χ2v) is 3.55. The molecule has 4 nitrogen and oxygen atoms in total. The summed E-state index contributed by atoms with van der Waals surface area (Å²) in [5.74, 6) is -1.83. The molecule has 0 aliphatic heterocycles. The van der Waals surface area contributed by atoms with Crippen molar-refractivity contribution in [2.75, 3.05) is 0 Å². The molecule has 0 fully saturated rings. The molecule has 0 spiro atoms. The lowest BCUT2D eigenvalue weighted by Gasteiger charge is -2.10. The molecule has 0 saturated heterocycles. The second kappa shape index (κ2) is 3.86. The number of fused-ring (bicyclic) bond motifs is 1. The molecule has 0 saturated carbocycles. The summed E-state index contributed by atoms with van der Waals surface area (Å²) in [4.78, 5) is 24.6. The van der Waals surface area contributed by atoms with Gasteiger partial charge in [0.05, 0.1) is 0 Å². The van der Waals surface area contributed by atoms with Crippen LogP contribution in [0.5, 0.6) is 0 Å². The van der Waals surface area contributed by atoms with Crippen LogP contribution in [0.3, 0.4) is 0 Å². The Morgan fingerprint density at radius 2 is 1.83 bits per heavy atom. The van der Waals surface area contributed by atoms with Gasteiger partial charge in [-0.3, -0.25) is 4.79 Å². The van der Waals surface area contributed by atoms with Gasteiger partial charge in [-0.05, 0) is 12.1 Å². The lowest BCUT2D eigenvalue weighted by Crippen LogP contribution is -2.25. The van der Waals surface area contributed by atoms with Gasteiger partial charge in [0.1, 0.15) is 11.3 Å². The number of carboxylic acids is 1. The van der Waals surface area contributed by atoms with Crippen molar-refractivity contribution in [3.63, 3.8) is 0 Å². The summed E-state index contributed by atoms with van der Waals surface area (Å²) >= 11 is 0. The highest BCUT2D eigenvalue weighted by atomic mass is 19.4. The van der Waals surface area contributed by atoms with Crippen LogP contribution in [0.25, 0.3) is 10.9 Å². The average molecular weight is 257 g/mol. The first-order valence-electron chi connectivity index (χ1n) is 4.78. The van der Waals surface area contributed by atoms with E-state index >= 15 is 0 Å². The Morgan fingerprint density at radius 1 is 1.22 bits per heavy atom. The number of alkyl halides is 3. The van der Waals surface area contributed by atoms with Crippen LogP contribution in [0.2, 0.25) is 0 Å². The van der Waals surface area contributed by atoms with Gasteiger partial charge in [0.2, 0.25) is 5.43 Å². The molecule has 1 aromatic heterocycles. The van der Waals surface area contributed by atoms with Crippen LogP contribution in [0.4, 0.5) is 13.2 Å². The second-order valence-electron chi connectivity index (χ2n) is 3.55. The molecular formula is C11H6F3NO3. The van der Waals surface area contributed by atoms with E-state index in [0.29, 0.717) is 0 Å². The number of aromatic carboxylic acids is 1. The van der Waals surface area contributed by atoms with E-state index in [2.05, 4.69) is 4.98 Å². The molecule has 0 aliphatic carbocycles. The van der Waals surface area contributed by atoms with E-state index in [1.807, 2.05) is 0 Å². The summed E-state index contributed by atoms with van der Waals surface area (Å²) in [5.41, 5.74) is -4.12. The quantitative estimate of drug-likeness (QED) is 0.823. The number of aromatic nitrogens is 1. The van der Waals surface area contributed by atoms with Crippen LogP contribution in [-0.2, 0) is 6.18 Å². The first-order valence-corrected chi connectivity index (χ1v) is 4.78. The van der Waals surface area contributed by atoms with Crippen LogP contribution in [-0.4, -0.2) is 16.1 Å². The molecule has 2 rings (SSSR count). The molecule has 2 N–H and O–H groups in total. The number of rotatable bonds is 1. The highest BCUT2D eigenvalue weighted by Crippen LogP contribution is 2.30. The summed E-state index contributed by atoms with van der Waals surface area (Å²) in [5, 5.41) is 8.54. The maximum absolute atomic E-state index is 12.7. The highest BCUT2D eigenvalue weighted by molar-refractivity contribution is 5.91. The minimum absolute atomic E-state index is 0.0490. The molecule has 0 radical (unpaired) electrons. The number of carboxylic acid groups (broad SMARTS) is 1. The van der Waals surface area contributed by atoms with Gasteiger partial charge in [-0.1, -0.05) is 12.1 Å². The fourth-order valence-corrected chi connectivity index (χ4v) is 1.67. The van der Waals surface area contributed by atoms with E-state index in [1.54, 1.807) is 0 Å². The Hall–Kier alpha value is -2.31. The van der Waals surface area contributed by atoms with Gasteiger partial charge in [-0.15, -0.1) is 0 Å². The van der Waals surface area contributed by atoms with Crippen molar-refractivity contribution in [1.29, 1.82) is 0 Å². The number of aromatic amines is 1. The molecule has 18 heavy (non-hydrogen) atoms. The summed E-state index contributed by atoms with van der Waals surface area (Å²) in [7, 11) is 0. The van der Waals surface area contributed by atoms with Crippen LogP contribution in [0.15, 0.2) is 29.1 Å². The van der Waals surface area contributed by atoms with Gasteiger partial charge in [0.25, 0.3) is 0 Å². The lowest BCUT2D eigenvalue weighted by atomic mass is 10.1. The van der Waals surface area contributed by atoms with E-state index in [4.69, 9.17) is 5.11 Å². The zero-order valence-corrected chi connectivity index (χ0v) is 8.71. The van der Waals surface area contributed by atoms with E-state index in [-0.39, 0.29) is 10.9 Å². The summed E-state index contributed by atoms with van der Waals surface area (Å²) in [6, 6.07) is 5.42. The van der Waals surface area contributed by atoms with Crippen molar-refractivity contribution in [3.8, 4) is 0 Å². The average Bonchev–Trinajstić information content (AvgIpc) is 2.27. The number of benzene rings is 1. The lowest BCUT2D eigenvalue weighted by molar-refractivity contribution is -0.139. The molecule has 94 valence electrons. The largest absolute Gasteiger partial charge is 0.477 e. The van der Waals surface area contributed by atoms with Crippen LogP contribution in [0.1, 0.15) is 16.1 Å². The SMILES string of the molecule is O=C(O)c1[nH]c2ccccc2c(=O)c1C(F)(F)F. The number of halogens is 3. The molecule has 0 amide bonds. The Bertz CT molecular complexity index is 688. The van der Waals surface area contributed by atoms with Crippen molar-refractivity contribution in [1.82, 2.24) is 4.98 Å². The zero-order chi connectivity index (χ0) is 13.5. The summed E-state index contributed by atoms with van der Waals surface area (Å²) in [6.45, 7) is 0. The van der Waals surface area contributed by atoms with Crippen LogP contribution >= 0.6 is 0 Å². The standard InChI is InChI=1S/C11H6F3NO3/c12-11(13,14)7-8(10(17)18)15-6-4-2-1-3-5(6)9(7)16/h1-4H,(H,15,16)(H,17,18). The number of pyridine rings is 1. The predicted octanol–water partition coefficient (Wildman–Crippen LogP) is 2.25. The molecule has 0 aliphatic rings. The Morgan fingerprint density at radius 3 is 2.39 bits per heavy atom. The van der Waals surface area contributed by atoms with Gasteiger partial charge < -0.3 is 10.1 Å². The summed E-state index contributed by atoms with van der Waals surface area (Å²) < 4.78 is 38.1. The Balaban J connectivity index is 2.98. The minimum Gasteiger partial charge on any atom is -0.477 e. The Labute approximate surface area is 97.7 Å². The zero-order valence-electron chi connectivity index (χ0n) is 8.71. The van der Waals surface area contributed by atoms with Gasteiger partial charge in [-0.2, -0.15) is 13.2 Å². The molecule has 1 aromatic carbocycles. The molecule has 0 unspecified atom stereocenters. The molecule has 0 atom stereocenters. The molecule has 2 aromatic rings. The third-order valence-electron chi connectivity index (χ3n) is 2.41. The normalized spacial score (nSPS) is 11.7. The van der Waals surface area contributed by atoms with Crippen molar-refractivity contribution in [2.24, 2.45) is 0 Å². The topological polar surface area (TPSA) is 70.2 Å². The molecular weight excluding hydrogens is 251 g/mol. The molecule has 1 heterocycles. The predicted molar refractivity (Wildman–Crippen MR) is 56.5 cm³/mol. The highest BCUT2D eigenvalue weighted by Gasteiger charge is 2.39. The number of hydrogen-bond acceptors (Lipinski definition) is 2. The van der Waals surface area contributed by atoms with E-state index in [1.165, 1.54) is 24.3 Å². The number of H-pyrrole nitrogens is 1. The van der Waals surface area contributed by atoms with E-state index < -0.39 is 28.8 Å². The third kappa shape index (κ3) is 1.83. The van der Waals surface area contributed by atoms with Crippen molar-refractivity contribution >= 4 is 16.9 Å². The number of hydrogen-bond donors (Lipinski definition) is 2. The van der Waals surface area contributed by atoms with Crippen molar-refractivity contribution in [2.45, 2.75) is 6.18 Å². The van der Waals surface area contributed by atoms with Crippen molar-refractivity contribution in [3.05, 3.63) is 45.7 Å². The van der Waals surface area contributed by atoms with Crippen molar-refractivity contribution < 1.29 is 23.1 Å². The van der Waals surface area contributed by atoms with Gasteiger partial charge in [0, 0.05) is 10.9 Å². The number of carbonyl (C=O) groups is 1. The van der Waals surface area contributed by atoms with Crippen LogP contribution in [0, 0.1) is 0 Å². The van der Waals surface area contributed by atoms with E-state index in [0.717, 1.165) is 0 Å². The number of para-hydroxylation sites is 1. The van der Waals surface area contributed by atoms with Gasteiger partial charge >= 0.3 is 12.1 Å². The first kappa shape index (κ1) is 12.2. The fourth-order valence-electron chi connectivity index (χ4n) is 1.67. The minimum atomic E-state index is -5.02. The Kier molecular flexibility index (Phi) is 2.61. The monoisotopic (exact) mass is 257 g/mol. The maximum atomic E-state index is 12.7.